The van der Waals surface area contributed by atoms with Crippen molar-refractivity contribution in [3.63, 3.8) is 0 Å². The molecule has 1 aliphatic heterocycles. The molecule has 0 spiro atoms. The van der Waals surface area contributed by atoms with E-state index in [9.17, 15) is 24.7 Å². The van der Waals surface area contributed by atoms with Crippen LogP contribution in [0.4, 0.5) is 4.39 Å². The molecule has 2 N–H and O–H groups in total. The maximum Gasteiger partial charge on any atom is 0.314 e. The first-order valence-electron chi connectivity index (χ1n) is 11.2. The molecule has 4 rings (SSSR count). The van der Waals surface area contributed by atoms with Gasteiger partial charge in [0.1, 0.15) is 11.6 Å². The number of carboxylic acid groups (broad SMARTS) is 1. The molecule has 0 amide bonds. The van der Waals surface area contributed by atoms with E-state index < -0.39 is 16.8 Å². The quantitative estimate of drug-likeness (QED) is 0.732. The van der Waals surface area contributed by atoms with Crippen molar-refractivity contribution in [2.45, 2.75) is 55.9 Å². The fourth-order valence-corrected chi connectivity index (χ4v) is 5.84. The summed E-state index contributed by atoms with van der Waals surface area (Å²) in [5.74, 6) is -1.20. The summed E-state index contributed by atoms with van der Waals surface area (Å²) in [6.07, 6.45) is 3.60. The smallest absolute Gasteiger partial charge is 0.314 e. The van der Waals surface area contributed by atoms with Gasteiger partial charge in [0.15, 0.2) is 0 Å². The van der Waals surface area contributed by atoms with Gasteiger partial charge in [-0.1, -0.05) is 31.2 Å². The molecule has 2 aliphatic rings. The van der Waals surface area contributed by atoms with Gasteiger partial charge in [-0.3, -0.25) is 4.79 Å². The number of aromatic hydroxyl groups is 1. The minimum atomic E-state index is -1.02. The molecule has 1 heterocycles. The molecule has 168 valence electrons. The molecule has 1 saturated carbocycles. The zero-order valence-corrected chi connectivity index (χ0v) is 18.3. The zero-order chi connectivity index (χ0) is 22.9. The maximum absolute atomic E-state index is 13.3. The van der Waals surface area contributed by atoms with Gasteiger partial charge in [0.05, 0.1) is 16.9 Å². The molecule has 1 saturated heterocycles. The van der Waals surface area contributed by atoms with Crippen LogP contribution in [0.15, 0.2) is 48.5 Å². The van der Waals surface area contributed by atoms with Crippen molar-refractivity contribution >= 4 is 5.97 Å². The van der Waals surface area contributed by atoms with Gasteiger partial charge >= 0.3 is 5.97 Å². The zero-order valence-electron chi connectivity index (χ0n) is 18.3. The number of piperidine rings is 1. The molecule has 0 bridgehead atoms. The first-order chi connectivity index (χ1) is 15.3. The number of hydrogen-bond donors (Lipinski definition) is 2. The van der Waals surface area contributed by atoms with Crippen LogP contribution >= 0.6 is 0 Å². The first-order valence-corrected chi connectivity index (χ1v) is 11.2. The van der Waals surface area contributed by atoms with E-state index in [4.69, 9.17) is 0 Å². The topological polar surface area (TPSA) is 84.6 Å². The Morgan fingerprint density at radius 1 is 1.12 bits per heavy atom. The third-order valence-electron chi connectivity index (χ3n) is 7.82. The second-order valence-electron chi connectivity index (χ2n) is 9.40. The summed E-state index contributed by atoms with van der Waals surface area (Å²) in [4.78, 5) is 14.8. The Hall–Kier alpha value is -2.91. The lowest BCUT2D eigenvalue weighted by atomic mass is 9.65. The first kappa shape index (κ1) is 22.3. The predicted octanol–water partition coefficient (Wildman–Crippen LogP) is 4.60. The van der Waals surface area contributed by atoms with Gasteiger partial charge in [0.2, 0.25) is 0 Å². The molecule has 1 aliphatic carbocycles. The maximum atomic E-state index is 13.3. The van der Waals surface area contributed by atoms with Crippen molar-refractivity contribution in [3.8, 4) is 11.8 Å². The summed E-state index contributed by atoms with van der Waals surface area (Å²) < 4.78 is 13.3. The predicted molar refractivity (Wildman–Crippen MR) is 119 cm³/mol. The number of benzene rings is 2. The number of rotatable bonds is 4. The van der Waals surface area contributed by atoms with Gasteiger partial charge in [-0.05, 0) is 80.0 Å². The molecule has 5 nitrogen and oxygen atoms in total. The van der Waals surface area contributed by atoms with E-state index >= 15 is 0 Å². The highest BCUT2D eigenvalue weighted by molar-refractivity contribution is 5.82. The number of aliphatic carboxylic acids is 1. The summed E-state index contributed by atoms with van der Waals surface area (Å²) in [6.45, 7) is 3.29. The molecule has 6 heteroatoms. The number of hydrogen-bond acceptors (Lipinski definition) is 4. The lowest BCUT2D eigenvalue weighted by Crippen LogP contribution is -2.56. The summed E-state index contributed by atoms with van der Waals surface area (Å²) >= 11 is 0. The minimum absolute atomic E-state index is 0.0821. The number of likely N-dealkylation sites (tertiary alicyclic amines) is 1. The van der Waals surface area contributed by atoms with Crippen molar-refractivity contribution in [2.75, 3.05) is 13.1 Å². The Kier molecular flexibility index (Phi) is 5.96. The van der Waals surface area contributed by atoms with E-state index in [0.29, 0.717) is 44.0 Å². The van der Waals surface area contributed by atoms with Crippen molar-refractivity contribution in [1.82, 2.24) is 4.90 Å². The largest absolute Gasteiger partial charge is 0.508 e. The van der Waals surface area contributed by atoms with Gasteiger partial charge in [0, 0.05) is 12.6 Å². The SMILES string of the molecule is C[C@@H]1CN(C2CCC(C#N)(c3ccc(F)cc3)CC2)CC[C@@]1(C(=O)O)c1cccc(O)c1. The van der Waals surface area contributed by atoms with Crippen LogP contribution in [-0.4, -0.2) is 40.2 Å². The Morgan fingerprint density at radius 2 is 1.81 bits per heavy atom. The Labute approximate surface area is 188 Å². The second-order valence-corrected chi connectivity index (χ2v) is 9.40. The average molecular weight is 437 g/mol. The van der Waals surface area contributed by atoms with Gasteiger partial charge < -0.3 is 15.1 Å². The molecular weight excluding hydrogens is 407 g/mol. The number of phenolic OH excluding ortho intramolecular Hbond substituents is 1. The number of nitrogens with zero attached hydrogens (tertiary/aromatic N) is 2. The van der Waals surface area contributed by atoms with Gasteiger partial charge in [0.25, 0.3) is 0 Å². The van der Waals surface area contributed by atoms with E-state index in [1.54, 1.807) is 36.4 Å². The fraction of sp³-hybridized carbons (Fsp3) is 0.462. The molecule has 0 unspecified atom stereocenters. The second kappa shape index (κ2) is 8.55. The minimum Gasteiger partial charge on any atom is -0.508 e. The fourth-order valence-electron chi connectivity index (χ4n) is 5.84. The molecule has 0 aromatic heterocycles. The molecule has 2 atom stereocenters. The van der Waals surface area contributed by atoms with Crippen molar-refractivity contribution in [3.05, 3.63) is 65.5 Å². The van der Waals surface area contributed by atoms with Crippen molar-refractivity contribution in [2.24, 2.45) is 5.92 Å². The van der Waals surface area contributed by atoms with Crippen LogP contribution in [0.2, 0.25) is 0 Å². The summed E-state index contributed by atoms with van der Waals surface area (Å²) in [5.41, 5.74) is -0.0758. The molecule has 32 heavy (non-hydrogen) atoms. The van der Waals surface area contributed by atoms with E-state index in [1.165, 1.54) is 12.1 Å². The summed E-state index contributed by atoms with van der Waals surface area (Å²) in [5, 5.41) is 30.0. The van der Waals surface area contributed by atoms with Crippen LogP contribution in [0.1, 0.15) is 50.2 Å². The van der Waals surface area contributed by atoms with Crippen LogP contribution < -0.4 is 0 Å². The molecule has 2 aromatic carbocycles. The number of halogens is 1. The van der Waals surface area contributed by atoms with E-state index in [0.717, 1.165) is 18.4 Å². The van der Waals surface area contributed by atoms with Crippen LogP contribution in [-0.2, 0) is 15.6 Å². The van der Waals surface area contributed by atoms with Crippen LogP contribution in [0.3, 0.4) is 0 Å². The van der Waals surface area contributed by atoms with Crippen molar-refractivity contribution in [1.29, 1.82) is 5.26 Å². The van der Waals surface area contributed by atoms with Gasteiger partial charge in [-0.2, -0.15) is 5.26 Å². The normalized spacial score (nSPS) is 31.0. The standard InChI is InChI=1S/C26H29FN2O3/c1-18-16-29(14-13-26(18,24(31)32)20-3-2-4-23(30)15-20)22-9-11-25(17-28,12-10-22)19-5-7-21(27)8-6-19/h2-8,15,18,22,30H,9-14,16H2,1H3,(H,31,32)/t18-,22?,25?,26+/m1/s1. The lowest BCUT2D eigenvalue weighted by Gasteiger charge is -2.48. The van der Waals surface area contributed by atoms with E-state index in [-0.39, 0.29) is 17.5 Å². The van der Waals surface area contributed by atoms with E-state index in [2.05, 4.69) is 11.0 Å². The van der Waals surface area contributed by atoms with Crippen molar-refractivity contribution < 1.29 is 19.4 Å². The van der Waals surface area contributed by atoms with Crippen LogP contribution in [0.25, 0.3) is 0 Å². The summed E-state index contributed by atoms with van der Waals surface area (Å²) in [6, 6.07) is 15.7. The highest BCUT2D eigenvalue weighted by Crippen LogP contribution is 2.45. The molecule has 0 radical (unpaired) electrons. The third kappa shape index (κ3) is 3.75. The molecular formula is C26H29FN2O3. The average Bonchev–Trinajstić information content (AvgIpc) is 2.79. The van der Waals surface area contributed by atoms with Crippen LogP contribution in [0.5, 0.6) is 5.75 Å². The highest BCUT2D eigenvalue weighted by Gasteiger charge is 2.50. The lowest BCUT2D eigenvalue weighted by molar-refractivity contribution is -0.149. The third-order valence-corrected chi connectivity index (χ3v) is 7.82. The van der Waals surface area contributed by atoms with E-state index in [1.807, 2.05) is 6.92 Å². The Bertz CT molecular complexity index is 1020. The van der Waals surface area contributed by atoms with Gasteiger partial charge in [-0.25, -0.2) is 4.39 Å². The summed E-state index contributed by atoms with van der Waals surface area (Å²) in [7, 11) is 0. The Morgan fingerprint density at radius 3 is 2.38 bits per heavy atom. The number of carbonyl (C=O) groups is 1. The highest BCUT2D eigenvalue weighted by atomic mass is 19.1. The monoisotopic (exact) mass is 436 g/mol. The molecule has 2 fully saturated rings. The number of carboxylic acids is 1. The number of phenols is 1. The van der Waals surface area contributed by atoms with Crippen LogP contribution in [0, 0.1) is 23.1 Å². The molecule has 2 aromatic rings. The number of nitriles is 1. The van der Waals surface area contributed by atoms with Gasteiger partial charge in [-0.15, -0.1) is 0 Å². The Balaban J connectivity index is 1.48.